The van der Waals surface area contributed by atoms with E-state index in [0.29, 0.717) is 19.4 Å². The Morgan fingerprint density at radius 2 is 2.21 bits per heavy atom. The first-order valence-corrected chi connectivity index (χ1v) is 7.82. The molecule has 1 aliphatic rings. The molecule has 0 saturated carbocycles. The molecule has 0 bridgehead atoms. The summed E-state index contributed by atoms with van der Waals surface area (Å²) in [5.74, 6) is 1.45. The Morgan fingerprint density at radius 3 is 2.96 bits per heavy atom. The molecule has 1 N–H and O–H groups in total. The van der Waals surface area contributed by atoms with Gasteiger partial charge in [0.1, 0.15) is 0 Å². The van der Waals surface area contributed by atoms with Crippen molar-refractivity contribution in [1.29, 1.82) is 0 Å². The largest absolute Gasteiger partial charge is 0.454 e. The van der Waals surface area contributed by atoms with Gasteiger partial charge in [-0.05, 0) is 30.2 Å². The number of methoxy groups -OCH3 is 1. The zero-order valence-electron chi connectivity index (χ0n) is 13.8. The molecule has 1 aromatic carbocycles. The number of aromatic nitrogens is 2. The summed E-state index contributed by atoms with van der Waals surface area (Å²) in [6.45, 7) is 0.651. The van der Waals surface area contributed by atoms with Crippen molar-refractivity contribution in [2.45, 2.75) is 18.9 Å². The first-order valence-electron chi connectivity index (χ1n) is 7.82. The lowest BCUT2D eigenvalue weighted by atomic mass is 10.1. The van der Waals surface area contributed by atoms with E-state index in [4.69, 9.17) is 14.2 Å². The highest BCUT2D eigenvalue weighted by Gasteiger charge is 2.18. The molecule has 3 rings (SSSR count). The van der Waals surface area contributed by atoms with Gasteiger partial charge in [-0.25, -0.2) is 0 Å². The Morgan fingerprint density at radius 1 is 1.38 bits per heavy atom. The summed E-state index contributed by atoms with van der Waals surface area (Å²) in [6, 6.07) is 7.41. The number of nitrogens with one attached hydrogen (secondary N) is 1. The number of rotatable bonds is 7. The van der Waals surface area contributed by atoms with Gasteiger partial charge < -0.3 is 19.5 Å². The van der Waals surface area contributed by atoms with Crippen LogP contribution in [0.25, 0.3) is 0 Å². The number of aryl methyl sites for hydroxylation is 2. The summed E-state index contributed by atoms with van der Waals surface area (Å²) < 4.78 is 17.6. The predicted molar refractivity (Wildman–Crippen MR) is 86.9 cm³/mol. The summed E-state index contributed by atoms with van der Waals surface area (Å²) in [5.41, 5.74) is 1.95. The molecule has 128 valence electrons. The molecule has 2 heterocycles. The number of carbonyl (C=O) groups excluding carboxylic acids is 1. The molecule has 1 atom stereocenters. The molecule has 0 radical (unpaired) electrons. The molecular formula is C17H21N3O4. The molecule has 24 heavy (non-hydrogen) atoms. The van der Waals surface area contributed by atoms with Crippen LogP contribution in [-0.4, -0.2) is 36.2 Å². The fourth-order valence-electron chi connectivity index (χ4n) is 2.71. The summed E-state index contributed by atoms with van der Waals surface area (Å²) in [5, 5.41) is 7.14. The Kier molecular flexibility index (Phi) is 5.00. The van der Waals surface area contributed by atoms with E-state index in [1.165, 1.54) is 0 Å². The number of benzene rings is 1. The van der Waals surface area contributed by atoms with Gasteiger partial charge >= 0.3 is 0 Å². The standard InChI is InChI=1S/C17H21N3O4/c1-20-14(7-8-18-20)13(10-22-2)19-17(21)6-4-12-3-5-15-16(9-12)24-11-23-15/h3,5,7-9,13H,4,6,10-11H2,1-2H3,(H,19,21)/t13-/m0/s1. The Balaban J connectivity index is 1.57. The summed E-state index contributed by atoms with van der Waals surface area (Å²) >= 11 is 0. The van der Waals surface area contributed by atoms with E-state index in [1.54, 1.807) is 18.0 Å². The minimum atomic E-state index is -0.216. The SMILES string of the molecule is COC[C@H](NC(=O)CCc1ccc2c(c1)OCO2)c1ccnn1C. The fourth-order valence-corrected chi connectivity index (χ4v) is 2.71. The van der Waals surface area contributed by atoms with Crippen molar-refractivity contribution >= 4 is 5.91 Å². The Bertz CT molecular complexity index is 714. The first-order chi connectivity index (χ1) is 11.7. The van der Waals surface area contributed by atoms with Crippen molar-refractivity contribution in [2.75, 3.05) is 20.5 Å². The lowest BCUT2D eigenvalue weighted by Crippen LogP contribution is -2.32. The highest BCUT2D eigenvalue weighted by molar-refractivity contribution is 5.76. The normalized spacial score (nSPS) is 13.8. The van der Waals surface area contributed by atoms with Gasteiger partial charge in [0, 0.05) is 26.8 Å². The zero-order chi connectivity index (χ0) is 16.9. The second-order valence-electron chi connectivity index (χ2n) is 5.64. The smallest absolute Gasteiger partial charge is 0.231 e. The third kappa shape index (κ3) is 3.68. The highest BCUT2D eigenvalue weighted by Crippen LogP contribution is 2.32. The monoisotopic (exact) mass is 331 g/mol. The summed E-state index contributed by atoms with van der Waals surface area (Å²) in [4.78, 5) is 12.3. The Hall–Kier alpha value is -2.54. The van der Waals surface area contributed by atoms with Crippen molar-refractivity contribution in [3.05, 3.63) is 41.7 Å². The maximum Gasteiger partial charge on any atom is 0.231 e. The average molecular weight is 331 g/mol. The van der Waals surface area contributed by atoms with Crippen LogP contribution in [0.3, 0.4) is 0 Å². The summed E-state index contributed by atoms with van der Waals surface area (Å²) in [6.07, 6.45) is 2.72. The van der Waals surface area contributed by atoms with Crippen molar-refractivity contribution in [3.63, 3.8) is 0 Å². The van der Waals surface area contributed by atoms with Crippen molar-refractivity contribution in [1.82, 2.24) is 15.1 Å². The number of fused-ring (bicyclic) bond motifs is 1. The fraction of sp³-hybridized carbons (Fsp3) is 0.412. The molecule has 0 fully saturated rings. The lowest BCUT2D eigenvalue weighted by molar-refractivity contribution is -0.122. The molecule has 0 unspecified atom stereocenters. The van der Waals surface area contributed by atoms with Crippen LogP contribution in [0.5, 0.6) is 11.5 Å². The van der Waals surface area contributed by atoms with Gasteiger partial charge in [-0.1, -0.05) is 6.07 Å². The van der Waals surface area contributed by atoms with E-state index < -0.39 is 0 Å². The minimum absolute atomic E-state index is 0.0316. The van der Waals surface area contributed by atoms with Gasteiger partial charge in [0.05, 0.1) is 18.3 Å². The van der Waals surface area contributed by atoms with Crippen LogP contribution in [-0.2, 0) is 23.0 Å². The van der Waals surface area contributed by atoms with Crippen LogP contribution in [0.1, 0.15) is 23.7 Å². The van der Waals surface area contributed by atoms with Crippen LogP contribution in [0.4, 0.5) is 0 Å². The molecule has 7 heteroatoms. The van der Waals surface area contributed by atoms with Gasteiger partial charge in [-0.15, -0.1) is 0 Å². The lowest BCUT2D eigenvalue weighted by Gasteiger charge is -2.18. The first kappa shape index (κ1) is 16.3. The van der Waals surface area contributed by atoms with E-state index in [0.717, 1.165) is 22.8 Å². The molecule has 7 nitrogen and oxygen atoms in total. The van der Waals surface area contributed by atoms with Gasteiger partial charge in [-0.2, -0.15) is 5.10 Å². The average Bonchev–Trinajstić information content (AvgIpc) is 3.20. The third-order valence-electron chi connectivity index (χ3n) is 3.96. The van der Waals surface area contributed by atoms with E-state index in [1.807, 2.05) is 31.3 Å². The van der Waals surface area contributed by atoms with E-state index >= 15 is 0 Å². The van der Waals surface area contributed by atoms with Crippen LogP contribution in [0.2, 0.25) is 0 Å². The van der Waals surface area contributed by atoms with Gasteiger partial charge in [-0.3, -0.25) is 9.48 Å². The second kappa shape index (κ2) is 7.35. The molecule has 1 aliphatic heterocycles. The van der Waals surface area contributed by atoms with Crippen molar-refractivity contribution in [2.24, 2.45) is 7.05 Å². The van der Waals surface area contributed by atoms with E-state index in [-0.39, 0.29) is 18.7 Å². The van der Waals surface area contributed by atoms with E-state index in [9.17, 15) is 4.79 Å². The van der Waals surface area contributed by atoms with Gasteiger partial charge in [0.2, 0.25) is 12.7 Å². The van der Waals surface area contributed by atoms with E-state index in [2.05, 4.69) is 10.4 Å². The molecular weight excluding hydrogens is 310 g/mol. The van der Waals surface area contributed by atoms with Gasteiger partial charge in [0.15, 0.2) is 11.5 Å². The number of nitrogens with zero attached hydrogens (tertiary/aromatic N) is 2. The van der Waals surface area contributed by atoms with Crippen molar-refractivity contribution in [3.8, 4) is 11.5 Å². The number of hydrogen-bond donors (Lipinski definition) is 1. The highest BCUT2D eigenvalue weighted by atomic mass is 16.7. The maximum atomic E-state index is 12.3. The maximum absolute atomic E-state index is 12.3. The van der Waals surface area contributed by atoms with Crippen LogP contribution in [0, 0.1) is 0 Å². The second-order valence-corrected chi connectivity index (χ2v) is 5.64. The zero-order valence-corrected chi connectivity index (χ0v) is 13.8. The molecule has 0 aliphatic carbocycles. The topological polar surface area (TPSA) is 74.6 Å². The predicted octanol–water partition coefficient (Wildman–Crippen LogP) is 1.59. The molecule has 0 saturated heterocycles. The molecule has 2 aromatic rings. The Labute approximate surface area is 140 Å². The number of carbonyl (C=O) groups is 1. The van der Waals surface area contributed by atoms with Crippen LogP contribution >= 0.6 is 0 Å². The quantitative estimate of drug-likeness (QED) is 0.834. The van der Waals surface area contributed by atoms with Crippen molar-refractivity contribution < 1.29 is 19.0 Å². The number of hydrogen-bond acceptors (Lipinski definition) is 5. The molecule has 1 amide bonds. The van der Waals surface area contributed by atoms with Crippen LogP contribution < -0.4 is 14.8 Å². The summed E-state index contributed by atoms with van der Waals surface area (Å²) in [7, 11) is 3.46. The van der Waals surface area contributed by atoms with Crippen LogP contribution in [0.15, 0.2) is 30.5 Å². The minimum Gasteiger partial charge on any atom is -0.454 e. The third-order valence-corrected chi connectivity index (χ3v) is 3.96. The molecule has 0 spiro atoms. The van der Waals surface area contributed by atoms with Gasteiger partial charge in [0.25, 0.3) is 0 Å². The number of amides is 1. The molecule has 1 aromatic heterocycles. The number of ether oxygens (including phenoxy) is 3.